The van der Waals surface area contributed by atoms with E-state index in [1.807, 2.05) is 48.5 Å². The van der Waals surface area contributed by atoms with Crippen molar-refractivity contribution in [2.24, 2.45) is 0 Å². The normalized spacial score (nSPS) is 9.85. The zero-order valence-corrected chi connectivity index (χ0v) is 11.6. The van der Waals surface area contributed by atoms with Crippen LogP contribution >= 0.6 is 0 Å². The highest BCUT2D eigenvalue weighted by Gasteiger charge is 2.01. The van der Waals surface area contributed by atoms with Crippen LogP contribution in [0.25, 0.3) is 0 Å². The number of hydrogen-bond donors (Lipinski definition) is 1. The second-order valence-corrected chi connectivity index (χ2v) is 4.30. The van der Waals surface area contributed by atoms with E-state index in [9.17, 15) is 0 Å². The van der Waals surface area contributed by atoms with E-state index in [0.717, 1.165) is 23.7 Å². The lowest BCUT2D eigenvalue weighted by atomic mass is 10.2. The van der Waals surface area contributed by atoms with Crippen LogP contribution < -0.4 is 14.8 Å². The molecule has 0 bridgehead atoms. The molecule has 0 atom stereocenters. The van der Waals surface area contributed by atoms with Gasteiger partial charge in [0.15, 0.2) is 0 Å². The summed E-state index contributed by atoms with van der Waals surface area (Å²) in [6, 6.07) is 15.9. The van der Waals surface area contributed by atoms with Gasteiger partial charge in [0.1, 0.15) is 18.1 Å². The van der Waals surface area contributed by atoms with Crippen LogP contribution in [0.1, 0.15) is 5.56 Å². The van der Waals surface area contributed by atoms with Crippen molar-refractivity contribution >= 4 is 5.69 Å². The number of nitrogens with one attached hydrogen (secondary N) is 1. The number of hydrogen-bond acceptors (Lipinski definition) is 3. The largest absolute Gasteiger partial charge is 0.495 e. The Morgan fingerprint density at radius 1 is 1.10 bits per heavy atom. The molecule has 0 aromatic heterocycles. The second-order valence-electron chi connectivity index (χ2n) is 4.30. The molecule has 2 rings (SSSR count). The lowest BCUT2D eigenvalue weighted by molar-refractivity contribution is 0.363. The van der Waals surface area contributed by atoms with E-state index >= 15 is 0 Å². The molecule has 0 saturated heterocycles. The van der Waals surface area contributed by atoms with E-state index in [0.29, 0.717) is 6.61 Å². The standard InChI is InChI=1S/C17H19NO2/c1-3-12-20-15-10-8-14(9-11-15)13-18-16-6-4-5-7-17(16)19-2/h3-11,18H,1,12-13H2,2H3. The molecule has 0 spiro atoms. The summed E-state index contributed by atoms with van der Waals surface area (Å²) in [4.78, 5) is 0. The van der Waals surface area contributed by atoms with Crippen LogP contribution in [-0.4, -0.2) is 13.7 Å². The number of para-hydroxylation sites is 2. The minimum Gasteiger partial charge on any atom is -0.495 e. The fourth-order valence-electron chi connectivity index (χ4n) is 1.85. The van der Waals surface area contributed by atoms with Gasteiger partial charge in [0.25, 0.3) is 0 Å². The minimum atomic E-state index is 0.527. The van der Waals surface area contributed by atoms with Gasteiger partial charge in [-0.15, -0.1) is 0 Å². The monoisotopic (exact) mass is 269 g/mol. The number of anilines is 1. The van der Waals surface area contributed by atoms with Gasteiger partial charge in [0.2, 0.25) is 0 Å². The fourth-order valence-corrected chi connectivity index (χ4v) is 1.85. The predicted octanol–water partition coefficient (Wildman–Crippen LogP) is 3.87. The van der Waals surface area contributed by atoms with Crippen molar-refractivity contribution in [3.05, 3.63) is 66.7 Å². The first-order valence-corrected chi connectivity index (χ1v) is 6.53. The number of methoxy groups -OCH3 is 1. The first kappa shape index (κ1) is 14.0. The Kier molecular flexibility index (Phi) is 5.07. The van der Waals surface area contributed by atoms with E-state index in [2.05, 4.69) is 11.9 Å². The summed E-state index contributed by atoms with van der Waals surface area (Å²) in [5, 5.41) is 3.36. The van der Waals surface area contributed by atoms with Crippen molar-refractivity contribution < 1.29 is 9.47 Å². The van der Waals surface area contributed by atoms with Crippen LogP contribution in [0.3, 0.4) is 0 Å². The number of rotatable bonds is 7. The van der Waals surface area contributed by atoms with Crippen LogP contribution in [-0.2, 0) is 6.54 Å². The molecule has 2 aromatic rings. The molecule has 0 unspecified atom stereocenters. The Bertz CT molecular complexity index is 549. The maximum atomic E-state index is 5.45. The zero-order chi connectivity index (χ0) is 14.2. The Hall–Kier alpha value is -2.42. The Labute approximate surface area is 119 Å². The van der Waals surface area contributed by atoms with E-state index in [-0.39, 0.29) is 0 Å². The predicted molar refractivity (Wildman–Crippen MR) is 82.5 cm³/mol. The minimum absolute atomic E-state index is 0.527. The molecule has 0 amide bonds. The summed E-state index contributed by atoms with van der Waals surface area (Å²) in [5.74, 6) is 1.70. The molecule has 2 aromatic carbocycles. The lowest BCUT2D eigenvalue weighted by Crippen LogP contribution is -2.01. The molecule has 0 aliphatic rings. The highest BCUT2D eigenvalue weighted by atomic mass is 16.5. The molecule has 20 heavy (non-hydrogen) atoms. The lowest BCUT2D eigenvalue weighted by Gasteiger charge is -2.11. The Balaban J connectivity index is 1.95. The first-order chi connectivity index (χ1) is 9.83. The van der Waals surface area contributed by atoms with Gasteiger partial charge >= 0.3 is 0 Å². The van der Waals surface area contributed by atoms with Crippen molar-refractivity contribution in [1.29, 1.82) is 0 Å². The Morgan fingerprint density at radius 3 is 2.55 bits per heavy atom. The molecule has 0 saturated carbocycles. The average Bonchev–Trinajstić information content (AvgIpc) is 2.52. The topological polar surface area (TPSA) is 30.5 Å². The van der Waals surface area contributed by atoms with Gasteiger partial charge in [-0.25, -0.2) is 0 Å². The van der Waals surface area contributed by atoms with Gasteiger partial charge in [-0.3, -0.25) is 0 Å². The summed E-state index contributed by atoms with van der Waals surface area (Å²) in [5.41, 5.74) is 2.17. The molecule has 0 radical (unpaired) electrons. The first-order valence-electron chi connectivity index (χ1n) is 6.53. The summed E-state index contributed by atoms with van der Waals surface area (Å²) >= 11 is 0. The third-order valence-corrected chi connectivity index (χ3v) is 2.88. The van der Waals surface area contributed by atoms with Gasteiger partial charge in [-0.1, -0.05) is 36.9 Å². The summed E-state index contributed by atoms with van der Waals surface area (Å²) in [6.45, 7) is 4.89. The second kappa shape index (κ2) is 7.24. The van der Waals surface area contributed by atoms with Crippen molar-refractivity contribution in [2.45, 2.75) is 6.54 Å². The average molecular weight is 269 g/mol. The van der Waals surface area contributed by atoms with Crippen molar-refractivity contribution in [1.82, 2.24) is 0 Å². The molecular formula is C17H19NO2. The molecule has 0 aliphatic heterocycles. The van der Waals surface area contributed by atoms with E-state index in [1.165, 1.54) is 5.56 Å². The summed E-state index contributed by atoms with van der Waals surface area (Å²) in [6.07, 6.45) is 1.73. The SMILES string of the molecule is C=CCOc1ccc(CNc2ccccc2OC)cc1. The summed E-state index contributed by atoms with van der Waals surface area (Å²) in [7, 11) is 1.67. The van der Waals surface area contributed by atoms with E-state index in [4.69, 9.17) is 9.47 Å². The van der Waals surface area contributed by atoms with Crippen LogP contribution in [0.15, 0.2) is 61.2 Å². The smallest absolute Gasteiger partial charge is 0.141 e. The van der Waals surface area contributed by atoms with Crippen LogP contribution in [0.4, 0.5) is 5.69 Å². The third kappa shape index (κ3) is 3.79. The molecule has 3 heteroatoms. The van der Waals surface area contributed by atoms with Gasteiger partial charge < -0.3 is 14.8 Å². The maximum absolute atomic E-state index is 5.45. The van der Waals surface area contributed by atoms with Gasteiger partial charge in [-0.05, 0) is 29.8 Å². The van der Waals surface area contributed by atoms with Crippen molar-refractivity contribution in [2.75, 3.05) is 19.0 Å². The highest BCUT2D eigenvalue weighted by Crippen LogP contribution is 2.23. The van der Waals surface area contributed by atoms with Crippen LogP contribution in [0.2, 0.25) is 0 Å². The number of benzene rings is 2. The molecule has 1 N–H and O–H groups in total. The fraction of sp³-hybridized carbons (Fsp3) is 0.176. The molecule has 0 fully saturated rings. The van der Waals surface area contributed by atoms with Crippen molar-refractivity contribution in [3.63, 3.8) is 0 Å². The van der Waals surface area contributed by atoms with Gasteiger partial charge in [-0.2, -0.15) is 0 Å². The van der Waals surface area contributed by atoms with Crippen LogP contribution in [0.5, 0.6) is 11.5 Å². The highest BCUT2D eigenvalue weighted by molar-refractivity contribution is 5.56. The Morgan fingerprint density at radius 2 is 1.85 bits per heavy atom. The van der Waals surface area contributed by atoms with Gasteiger partial charge in [0.05, 0.1) is 12.8 Å². The van der Waals surface area contributed by atoms with Crippen molar-refractivity contribution in [3.8, 4) is 11.5 Å². The molecule has 0 heterocycles. The van der Waals surface area contributed by atoms with E-state index in [1.54, 1.807) is 13.2 Å². The third-order valence-electron chi connectivity index (χ3n) is 2.88. The molecular weight excluding hydrogens is 250 g/mol. The van der Waals surface area contributed by atoms with Crippen LogP contribution in [0, 0.1) is 0 Å². The van der Waals surface area contributed by atoms with E-state index < -0.39 is 0 Å². The van der Waals surface area contributed by atoms with Gasteiger partial charge in [0, 0.05) is 6.54 Å². The zero-order valence-electron chi connectivity index (χ0n) is 11.6. The quantitative estimate of drug-likeness (QED) is 0.774. The molecule has 0 aliphatic carbocycles. The maximum Gasteiger partial charge on any atom is 0.141 e. The molecule has 104 valence electrons. The number of ether oxygens (including phenoxy) is 2. The summed E-state index contributed by atoms with van der Waals surface area (Å²) < 4.78 is 10.8. The molecule has 3 nitrogen and oxygen atoms in total.